The third-order valence-corrected chi connectivity index (χ3v) is 3.03. The molecule has 0 amide bonds. The number of rotatable bonds is 4. The van der Waals surface area contributed by atoms with Crippen molar-refractivity contribution in [3.05, 3.63) is 29.8 Å². The minimum Gasteiger partial charge on any atom is -0.508 e. The Balaban J connectivity index is 2.92. The molecule has 0 fully saturated rings. The first kappa shape index (κ1) is 13.0. The molecule has 3 heteroatoms. The molecule has 90 valence electrons. The van der Waals surface area contributed by atoms with Crippen LogP contribution in [0.2, 0.25) is 0 Å². The van der Waals surface area contributed by atoms with Gasteiger partial charge in [-0.1, -0.05) is 19.1 Å². The lowest BCUT2D eigenvalue weighted by molar-refractivity contribution is -0.00793. The average molecular weight is 223 g/mol. The molecular weight excluding hydrogens is 202 g/mol. The van der Waals surface area contributed by atoms with E-state index in [9.17, 15) is 10.2 Å². The second kappa shape index (κ2) is 4.85. The van der Waals surface area contributed by atoms with E-state index in [4.69, 9.17) is 0 Å². The number of benzene rings is 1. The normalized spacial score (nSPS) is 17.1. The largest absolute Gasteiger partial charge is 0.508 e. The molecule has 16 heavy (non-hydrogen) atoms. The molecule has 0 radical (unpaired) electrons. The molecule has 0 saturated carbocycles. The number of nitrogens with zero attached hydrogens (tertiary/aromatic N) is 1. The van der Waals surface area contributed by atoms with E-state index in [1.165, 1.54) is 0 Å². The van der Waals surface area contributed by atoms with Crippen LogP contribution < -0.4 is 0 Å². The molecule has 1 aromatic rings. The smallest absolute Gasteiger partial charge is 0.115 e. The average Bonchev–Trinajstić information content (AvgIpc) is 2.16. The van der Waals surface area contributed by atoms with Crippen LogP contribution in [0.25, 0.3) is 0 Å². The van der Waals surface area contributed by atoms with Gasteiger partial charge in [0.1, 0.15) is 5.75 Å². The summed E-state index contributed by atoms with van der Waals surface area (Å²) in [5.41, 5.74) is -0.176. The van der Waals surface area contributed by atoms with Gasteiger partial charge in [-0.3, -0.25) is 0 Å². The maximum Gasteiger partial charge on any atom is 0.115 e. The predicted molar refractivity (Wildman–Crippen MR) is 65.4 cm³/mol. The Morgan fingerprint density at radius 2 is 2.00 bits per heavy atom. The minimum atomic E-state index is -0.928. The van der Waals surface area contributed by atoms with Gasteiger partial charge in [-0.05, 0) is 38.7 Å². The van der Waals surface area contributed by atoms with Gasteiger partial charge in [-0.2, -0.15) is 0 Å². The molecule has 0 aliphatic rings. The van der Waals surface area contributed by atoms with Crippen molar-refractivity contribution in [1.82, 2.24) is 4.90 Å². The maximum absolute atomic E-state index is 10.5. The summed E-state index contributed by atoms with van der Waals surface area (Å²) in [7, 11) is 3.96. The van der Waals surface area contributed by atoms with Crippen molar-refractivity contribution in [3.8, 4) is 5.75 Å². The molecule has 2 atom stereocenters. The monoisotopic (exact) mass is 223 g/mol. The number of hydrogen-bond acceptors (Lipinski definition) is 3. The highest BCUT2D eigenvalue weighted by atomic mass is 16.3. The van der Waals surface area contributed by atoms with Gasteiger partial charge in [-0.25, -0.2) is 0 Å². The van der Waals surface area contributed by atoms with Crippen LogP contribution in [0.3, 0.4) is 0 Å². The van der Waals surface area contributed by atoms with Crippen LogP contribution in [0.4, 0.5) is 0 Å². The summed E-state index contributed by atoms with van der Waals surface area (Å²) in [5.74, 6) is 0.277. The van der Waals surface area contributed by atoms with Gasteiger partial charge < -0.3 is 15.1 Å². The number of phenols is 1. The fourth-order valence-corrected chi connectivity index (χ4v) is 1.83. The van der Waals surface area contributed by atoms with Crippen LogP contribution >= 0.6 is 0 Å². The van der Waals surface area contributed by atoms with E-state index in [-0.39, 0.29) is 11.7 Å². The number of aromatic hydroxyl groups is 1. The fraction of sp³-hybridized carbons (Fsp3) is 0.538. The van der Waals surface area contributed by atoms with Gasteiger partial charge in [0.15, 0.2) is 0 Å². The number of hydrogen-bond donors (Lipinski definition) is 2. The summed E-state index contributed by atoms with van der Waals surface area (Å²) in [5, 5.41) is 19.9. The van der Waals surface area contributed by atoms with Gasteiger partial charge in [0.25, 0.3) is 0 Å². The molecule has 0 saturated heterocycles. The molecule has 1 aromatic carbocycles. The lowest BCUT2D eigenvalue weighted by Gasteiger charge is -2.32. The molecule has 0 unspecified atom stereocenters. The standard InChI is InChI=1S/C13H21NO2/c1-10(9-14(3)4)13(2,16)11-6-5-7-12(15)8-11/h5-8,10,15-16H,9H2,1-4H3/t10-,13-/m1/s1. The predicted octanol–water partition coefficient (Wildman–Crippen LogP) is 1.80. The molecule has 0 aliphatic carbocycles. The van der Waals surface area contributed by atoms with E-state index >= 15 is 0 Å². The van der Waals surface area contributed by atoms with Crippen molar-refractivity contribution in [1.29, 1.82) is 0 Å². The highest BCUT2D eigenvalue weighted by molar-refractivity contribution is 5.31. The lowest BCUT2D eigenvalue weighted by atomic mass is 9.83. The molecule has 1 rings (SSSR count). The van der Waals surface area contributed by atoms with E-state index in [1.54, 1.807) is 25.1 Å². The molecule has 0 spiro atoms. The first-order valence-electron chi connectivity index (χ1n) is 5.50. The zero-order valence-electron chi connectivity index (χ0n) is 10.4. The molecular formula is C13H21NO2. The number of aliphatic hydroxyl groups is 1. The zero-order valence-corrected chi connectivity index (χ0v) is 10.4. The van der Waals surface area contributed by atoms with Gasteiger partial charge in [0.2, 0.25) is 0 Å². The second-order valence-corrected chi connectivity index (χ2v) is 4.86. The van der Waals surface area contributed by atoms with Crippen LogP contribution in [0.5, 0.6) is 5.75 Å². The van der Waals surface area contributed by atoms with E-state index in [1.807, 2.05) is 32.0 Å². The van der Waals surface area contributed by atoms with Crippen LogP contribution in [0.15, 0.2) is 24.3 Å². The van der Waals surface area contributed by atoms with Crippen LogP contribution in [-0.4, -0.2) is 35.8 Å². The summed E-state index contributed by atoms with van der Waals surface area (Å²) in [6.07, 6.45) is 0. The topological polar surface area (TPSA) is 43.7 Å². The molecule has 0 bridgehead atoms. The van der Waals surface area contributed by atoms with Gasteiger partial charge in [0.05, 0.1) is 5.60 Å². The molecule has 0 heterocycles. The van der Waals surface area contributed by atoms with Crippen LogP contribution in [-0.2, 0) is 5.60 Å². The second-order valence-electron chi connectivity index (χ2n) is 4.86. The first-order valence-corrected chi connectivity index (χ1v) is 5.50. The third kappa shape index (κ3) is 2.97. The zero-order chi connectivity index (χ0) is 12.3. The summed E-state index contributed by atoms with van der Waals surface area (Å²) in [6, 6.07) is 6.82. The Morgan fingerprint density at radius 1 is 1.38 bits per heavy atom. The molecule has 0 aromatic heterocycles. The lowest BCUT2D eigenvalue weighted by Crippen LogP contribution is -2.36. The van der Waals surface area contributed by atoms with Gasteiger partial charge in [0, 0.05) is 12.5 Å². The Labute approximate surface area is 97.3 Å². The van der Waals surface area contributed by atoms with Crippen LogP contribution in [0, 0.1) is 5.92 Å². The van der Waals surface area contributed by atoms with E-state index in [0.717, 1.165) is 12.1 Å². The van der Waals surface area contributed by atoms with Gasteiger partial charge in [-0.15, -0.1) is 0 Å². The third-order valence-electron chi connectivity index (χ3n) is 3.03. The van der Waals surface area contributed by atoms with Crippen LogP contribution in [0.1, 0.15) is 19.4 Å². The summed E-state index contributed by atoms with van der Waals surface area (Å²) >= 11 is 0. The Bertz CT molecular complexity index is 348. The molecule has 2 N–H and O–H groups in total. The number of phenolic OH excluding ortho intramolecular Hbond substituents is 1. The van der Waals surface area contributed by atoms with Gasteiger partial charge >= 0.3 is 0 Å². The summed E-state index contributed by atoms with van der Waals surface area (Å²) in [6.45, 7) is 4.59. The highest BCUT2D eigenvalue weighted by Crippen LogP contribution is 2.31. The Kier molecular flexibility index (Phi) is 3.94. The van der Waals surface area contributed by atoms with E-state index in [2.05, 4.69) is 0 Å². The molecule has 0 aliphatic heterocycles. The summed E-state index contributed by atoms with van der Waals surface area (Å²) < 4.78 is 0. The maximum atomic E-state index is 10.5. The van der Waals surface area contributed by atoms with Crippen molar-refractivity contribution in [2.75, 3.05) is 20.6 Å². The first-order chi connectivity index (χ1) is 7.34. The minimum absolute atomic E-state index is 0.0873. The van der Waals surface area contributed by atoms with E-state index in [0.29, 0.717) is 0 Å². The quantitative estimate of drug-likeness (QED) is 0.818. The fourth-order valence-electron chi connectivity index (χ4n) is 1.83. The van der Waals surface area contributed by atoms with Crippen molar-refractivity contribution in [2.24, 2.45) is 5.92 Å². The summed E-state index contributed by atoms with van der Waals surface area (Å²) in [4.78, 5) is 2.04. The molecule has 3 nitrogen and oxygen atoms in total. The highest BCUT2D eigenvalue weighted by Gasteiger charge is 2.30. The Morgan fingerprint density at radius 3 is 2.50 bits per heavy atom. The van der Waals surface area contributed by atoms with Crippen molar-refractivity contribution >= 4 is 0 Å². The van der Waals surface area contributed by atoms with Crippen molar-refractivity contribution in [2.45, 2.75) is 19.4 Å². The van der Waals surface area contributed by atoms with E-state index < -0.39 is 5.60 Å². The van der Waals surface area contributed by atoms with Crippen molar-refractivity contribution in [3.63, 3.8) is 0 Å². The SMILES string of the molecule is C[C@H](CN(C)C)[C@@](C)(O)c1cccc(O)c1. The Hall–Kier alpha value is -1.06. The van der Waals surface area contributed by atoms with Crippen molar-refractivity contribution < 1.29 is 10.2 Å².